The highest BCUT2D eigenvalue weighted by molar-refractivity contribution is 5.76. The lowest BCUT2D eigenvalue weighted by atomic mass is 10.2. The van der Waals surface area contributed by atoms with Crippen LogP contribution in [0.3, 0.4) is 0 Å². The van der Waals surface area contributed by atoms with Gasteiger partial charge in [0.15, 0.2) is 0 Å². The van der Waals surface area contributed by atoms with E-state index in [1.807, 2.05) is 19.0 Å². The number of urea groups is 1. The molecule has 1 heterocycles. The van der Waals surface area contributed by atoms with Crippen molar-refractivity contribution in [1.29, 1.82) is 0 Å². The zero-order chi connectivity index (χ0) is 8.43. The first kappa shape index (κ1) is 8.37. The third kappa shape index (κ3) is 1.47. The summed E-state index contributed by atoms with van der Waals surface area (Å²) in [4.78, 5) is 14.9. The number of nitrogens with zero attached hydrogens (tertiary/aromatic N) is 2. The second kappa shape index (κ2) is 3.11. The van der Waals surface area contributed by atoms with Gasteiger partial charge >= 0.3 is 6.03 Å². The summed E-state index contributed by atoms with van der Waals surface area (Å²) < 4.78 is 0. The topological polar surface area (TPSA) is 23.6 Å². The average Bonchev–Trinajstić information content (AvgIpc) is 2.19. The number of likely N-dealkylation sites (N-methyl/N-ethyl adjacent to an activating group) is 2. The first-order valence-corrected chi connectivity index (χ1v) is 4.14. The van der Waals surface area contributed by atoms with E-state index in [0.29, 0.717) is 6.04 Å². The molecular formula is C8H16N2O. The van der Waals surface area contributed by atoms with Gasteiger partial charge in [0.1, 0.15) is 0 Å². The molecule has 0 aliphatic carbocycles. The highest BCUT2D eigenvalue weighted by Gasteiger charge is 2.30. The van der Waals surface area contributed by atoms with Crippen LogP contribution in [-0.2, 0) is 0 Å². The van der Waals surface area contributed by atoms with E-state index in [4.69, 9.17) is 0 Å². The molecule has 1 unspecified atom stereocenters. The third-order valence-corrected chi connectivity index (χ3v) is 2.28. The number of amides is 2. The Morgan fingerprint density at radius 2 is 2.18 bits per heavy atom. The van der Waals surface area contributed by atoms with Crippen molar-refractivity contribution in [1.82, 2.24) is 9.80 Å². The molecule has 0 N–H and O–H groups in total. The van der Waals surface area contributed by atoms with Gasteiger partial charge in [-0.15, -0.1) is 0 Å². The Bertz CT molecular complexity index is 158. The van der Waals surface area contributed by atoms with Gasteiger partial charge in [-0.25, -0.2) is 4.79 Å². The molecule has 0 aromatic carbocycles. The lowest BCUT2D eigenvalue weighted by Crippen LogP contribution is -2.29. The monoisotopic (exact) mass is 156 g/mol. The van der Waals surface area contributed by atoms with E-state index in [9.17, 15) is 4.79 Å². The molecule has 0 bridgehead atoms. The van der Waals surface area contributed by atoms with Crippen LogP contribution < -0.4 is 0 Å². The molecule has 3 nitrogen and oxygen atoms in total. The van der Waals surface area contributed by atoms with Crippen molar-refractivity contribution in [3.63, 3.8) is 0 Å². The average molecular weight is 156 g/mol. The first-order chi connectivity index (χ1) is 5.16. The zero-order valence-corrected chi connectivity index (χ0v) is 7.50. The fraction of sp³-hybridized carbons (Fsp3) is 0.875. The van der Waals surface area contributed by atoms with Crippen LogP contribution >= 0.6 is 0 Å². The Morgan fingerprint density at radius 1 is 1.55 bits per heavy atom. The summed E-state index contributed by atoms with van der Waals surface area (Å²) in [5, 5.41) is 0. The summed E-state index contributed by atoms with van der Waals surface area (Å²) >= 11 is 0. The van der Waals surface area contributed by atoms with Crippen molar-refractivity contribution in [3.05, 3.63) is 0 Å². The Hall–Kier alpha value is -0.730. The molecule has 1 rings (SSSR count). The largest absolute Gasteiger partial charge is 0.326 e. The quantitative estimate of drug-likeness (QED) is 0.588. The lowest BCUT2D eigenvalue weighted by Gasteiger charge is -2.16. The van der Waals surface area contributed by atoms with E-state index in [1.165, 1.54) is 0 Å². The highest BCUT2D eigenvalue weighted by atomic mass is 16.2. The van der Waals surface area contributed by atoms with Crippen LogP contribution in [-0.4, -0.2) is 42.5 Å². The van der Waals surface area contributed by atoms with Gasteiger partial charge in [-0.2, -0.15) is 0 Å². The van der Waals surface area contributed by atoms with Gasteiger partial charge in [-0.3, -0.25) is 0 Å². The molecule has 3 heteroatoms. The SMILES string of the molecule is CCCC1CN(C)C(=O)N1C. The molecule has 0 aromatic rings. The van der Waals surface area contributed by atoms with E-state index < -0.39 is 0 Å². The maximum atomic E-state index is 11.2. The van der Waals surface area contributed by atoms with Gasteiger partial charge in [0.05, 0.1) is 6.04 Å². The first-order valence-electron chi connectivity index (χ1n) is 4.14. The molecule has 1 fully saturated rings. The van der Waals surface area contributed by atoms with Crippen molar-refractivity contribution in [2.75, 3.05) is 20.6 Å². The summed E-state index contributed by atoms with van der Waals surface area (Å²) in [5.74, 6) is 0. The standard InChI is InChI=1S/C8H16N2O/c1-4-5-7-6-9(2)8(11)10(7)3/h7H,4-6H2,1-3H3. The number of carbonyl (C=O) groups is 1. The zero-order valence-electron chi connectivity index (χ0n) is 7.50. The molecule has 11 heavy (non-hydrogen) atoms. The number of hydrogen-bond donors (Lipinski definition) is 0. The lowest BCUT2D eigenvalue weighted by molar-refractivity contribution is 0.200. The van der Waals surface area contributed by atoms with Gasteiger partial charge in [-0.1, -0.05) is 13.3 Å². The normalized spacial score (nSPS) is 25.0. The van der Waals surface area contributed by atoms with Crippen molar-refractivity contribution < 1.29 is 4.79 Å². The van der Waals surface area contributed by atoms with Gasteiger partial charge < -0.3 is 9.80 Å². The fourth-order valence-electron chi connectivity index (χ4n) is 1.56. The summed E-state index contributed by atoms with van der Waals surface area (Å²) in [5.41, 5.74) is 0. The van der Waals surface area contributed by atoms with Gasteiger partial charge in [0.2, 0.25) is 0 Å². The molecule has 0 saturated carbocycles. The molecule has 1 atom stereocenters. The predicted molar refractivity (Wildman–Crippen MR) is 44.5 cm³/mol. The minimum Gasteiger partial charge on any atom is -0.326 e. The Balaban J connectivity index is 2.52. The predicted octanol–water partition coefficient (Wildman–Crippen LogP) is 1.15. The maximum absolute atomic E-state index is 11.2. The minimum atomic E-state index is 0.156. The molecule has 1 aliphatic heterocycles. The fourth-order valence-corrected chi connectivity index (χ4v) is 1.56. The molecule has 0 aromatic heterocycles. The third-order valence-electron chi connectivity index (χ3n) is 2.28. The molecule has 0 spiro atoms. The molecule has 1 saturated heterocycles. The smallest absolute Gasteiger partial charge is 0.319 e. The Kier molecular flexibility index (Phi) is 2.37. The second-order valence-corrected chi connectivity index (χ2v) is 3.22. The van der Waals surface area contributed by atoms with Crippen LogP contribution in [0.15, 0.2) is 0 Å². The number of rotatable bonds is 2. The van der Waals surface area contributed by atoms with Crippen LogP contribution in [0.5, 0.6) is 0 Å². The van der Waals surface area contributed by atoms with Gasteiger partial charge in [-0.05, 0) is 6.42 Å². The van der Waals surface area contributed by atoms with E-state index in [-0.39, 0.29) is 6.03 Å². The van der Waals surface area contributed by atoms with Crippen LogP contribution in [0.2, 0.25) is 0 Å². The van der Waals surface area contributed by atoms with Crippen molar-refractivity contribution in [2.24, 2.45) is 0 Å². The summed E-state index contributed by atoms with van der Waals surface area (Å²) in [6.07, 6.45) is 2.27. The van der Waals surface area contributed by atoms with E-state index in [0.717, 1.165) is 19.4 Å². The van der Waals surface area contributed by atoms with Crippen molar-refractivity contribution in [3.8, 4) is 0 Å². The minimum absolute atomic E-state index is 0.156. The Labute approximate surface area is 68.0 Å². The maximum Gasteiger partial charge on any atom is 0.319 e. The van der Waals surface area contributed by atoms with Crippen LogP contribution in [0.1, 0.15) is 19.8 Å². The second-order valence-electron chi connectivity index (χ2n) is 3.22. The molecule has 64 valence electrons. The van der Waals surface area contributed by atoms with Crippen LogP contribution in [0.25, 0.3) is 0 Å². The summed E-state index contributed by atoms with van der Waals surface area (Å²) in [7, 11) is 3.74. The van der Waals surface area contributed by atoms with Gasteiger partial charge in [0, 0.05) is 20.6 Å². The summed E-state index contributed by atoms with van der Waals surface area (Å²) in [6.45, 7) is 3.04. The van der Waals surface area contributed by atoms with Gasteiger partial charge in [0.25, 0.3) is 0 Å². The Morgan fingerprint density at radius 3 is 2.55 bits per heavy atom. The molecule has 0 radical (unpaired) electrons. The van der Waals surface area contributed by atoms with Crippen molar-refractivity contribution in [2.45, 2.75) is 25.8 Å². The molecule has 1 aliphatic rings. The molecule has 2 amide bonds. The summed E-state index contributed by atoms with van der Waals surface area (Å²) in [6, 6.07) is 0.598. The number of hydrogen-bond acceptors (Lipinski definition) is 1. The van der Waals surface area contributed by atoms with E-state index in [1.54, 1.807) is 4.90 Å². The van der Waals surface area contributed by atoms with E-state index in [2.05, 4.69) is 6.92 Å². The number of carbonyl (C=O) groups excluding carboxylic acids is 1. The van der Waals surface area contributed by atoms with Crippen LogP contribution in [0.4, 0.5) is 4.79 Å². The molecular weight excluding hydrogens is 140 g/mol. The van der Waals surface area contributed by atoms with Crippen molar-refractivity contribution >= 4 is 6.03 Å². The van der Waals surface area contributed by atoms with E-state index >= 15 is 0 Å². The van der Waals surface area contributed by atoms with Crippen LogP contribution in [0, 0.1) is 0 Å². The highest BCUT2D eigenvalue weighted by Crippen LogP contribution is 2.15.